The molecule has 0 aromatic heterocycles. The molecule has 1 rings (SSSR count). The summed E-state index contributed by atoms with van der Waals surface area (Å²) in [4.78, 5) is 33.5. The van der Waals surface area contributed by atoms with Gasteiger partial charge in [-0.3, -0.25) is 9.59 Å². The summed E-state index contributed by atoms with van der Waals surface area (Å²) in [5.41, 5.74) is 1.88. The van der Waals surface area contributed by atoms with Crippen LogP contribution >= 0.6 is 0 Å². The average molecular weight is 457 g/mol. The molecule has 0 aliphatic heterocycles. The number of ether oxygens (including phenoxy) is 2. The van der Waals surface area contributed by atoms with Gasteiger partial charge >= 0.3 is 11.9 Å². The number of hydrogen-bond acceptors (Lipinski definition) is 5. The molecule has 0 spiro atoms. The van der Waals surface area contributed by atoms with Crippen molar-refractivity contribution in [3.05, 3.63) is 53.6 Å². The Bertz CT molecular complexity index is 765. The van der Waals surface area contributed by atoms with Gasteiger partial charge in [-0.2, -0.15) is 0 Å². The Labute approximate surface area is 199 Å². The number of hydrogen-bond donors (Lipinski definition) is 0. The molecule has 1 aromatic carbocycles. The second-order valence-electron chi connectivity index (χ2n) is 8.31. The highest BCUT2D eigenvalue weighted by atomic mass is 16.5. The van der Waals surface area contributed by atoms with Crippen LogP contribution in [0.1, 0.15) is 102 Å². The van der Waals surface area contributed by atoms with Crippen LogP contribution in [0.25, 0.3) is 6.08 Å². The molecule has 0 radical (unpaired) electrons. The van der Waals surface area contributed by atoms with Gasteiger partial charge in [0.1, 0.15) is 18.5 Å². The number of unbranched alkanes of at least 4 members (excludes halogenated alkanes) is 6. The first kappa shape index (κ1) is 28.3. The standard InChI is InChI=1S/C28H40O5/c1-4-5-6-7-8-9-18-27(32-23(2)30)19-11-10-15-25-16-14-17-26(22-25)28(33-24(3)31)20-12-13-21-29/h10-11,14-17,19,21-22,27-28H,4-9,12-13,18,20H2,1-3H3. The molecule has 0 aliphatic rings. The number of rotatable bonds is 17. The van der Waals surface area contributed by atoms with Crippen LogP contribution in [0.15, 0.2) is 42.5 Å². The summed E-state index contributed by atoms with van der Waals surface area (Å²) >= 11 is 0. The van der Waals surface area contributed by atoms with Gasteiger partial charge in [0.2, 0.25) is 0 Å². The van der Waals surface area contributed by atoms with Crippen LogP contribution in [0.5, 0.6) is 0 Å². The van der Waals surface area contributed by atoms with Crippen molar-refractivity contribution < 1.29 is 23.9 Å². The molecule has 5 heteroatoms. The molecule has 0 saturated heterocycles. The fourth-order valence-corrected chi connectivity index (χ4v) is 3.63. The summed E-state index contributed by atoms with van der Waals surface area (Å²) < 4.78 is 10.9. The Morgan fingerprint density at radius 2 is 1.64 bits per heavy atom. The van der Waals surface area contributed by atoms with Crippen molar-refractivity contribution in [2.75, 3.05) is 0 Å². The van der Waals surface area contributed by atoms with E-state index in [2.05, 4.69) is 6.92 Å². The molecule has 2 atom stereocenters. The number of aldehydes is 1. The Balaban J connectivity index is 2.70. The van der Waals surface area contributed by atoms with Gasteiger partial charge in [-0.15, -0.1) is 0 Å². The molecule has 0 aliphatic carbocycles. The lowest BCUT2D eigenvalue weighted by Gasteiger charge is -2.17. The van der Waals surface area contributed by atoms with Gasteiger partial charge in [0, 0.05) is 20.3 Å². The van der Waals surface area contributed by atoms with E-state index in [9.17, 15) is 14.4 Å². The van der Waals surface area contributed by atoms with E-state index in [4.69, 9.17) is 9.47 Å². The predicted molar refractivity (Wildman–Crippen MR) is 133 cm³/mol. The number of carbonyl (C=O) groups excluding carboxylic acids is 3. The van der Waals surface area contributed by atoms with Gasteiger partial charge in [-0.25, -0.2) is 0 Å². The Morgan fingerprint density at radius 3 is 2.33 bits per heavy atom. The van der Waals surface area contributed by atoms with Crippen molar-refractivity contribution in [3.8, 4) is 0 Å². The van der Waals surface area contributed by atoms with Crippen LogP contribution in [0, 0.1) is 0 Å². The molecule has 33 heavy (non-hydrogen) atoms. The predicted octanol–water partition coefficient (Wildman–Crippen LogP) is 6.91. The van der Waals surface area contributed by atoms with E-state index in [0.29, 0.717) is 19.3 Å². The topological polar surface area (TPSA) is 69.7 Å². The molecule has 1 aromatic rings. The highest BCUT2D eigenvalue weighted by Gasteiger charge is 2.14. The van der Waals surface area contributed by atoms with Crippen LogP contribution in [0.4, 0.5) is 0 Å². The molecule has 0 bridgehead atoms. The van der Waals surface area contributed by atoms with Gasteiger partial charge in [-0.1, -0.05) is 75.5 Å². The van der Waals surface area contributed by atoms with E-state index >= 15 is 0 Å². The van der Waals surface area contributed by atoms with E-state index in [1.165, 1.54) is 39.5 Å². The zero-order valence-electron chi connectivity index (χ0n) is 20.5. The van der Waals surface area contributed by atoms with Crippen LogP contribution in [-0.2, 0) is 23.9 Å². The third-order valence-corrected chi connectivity index (χ3v) is 5.26. The maximum Gasteiger partial charge on any atom is 0.303 e. The average Bonchev–Trinajstić information content (AvgIpc) is 2.78. The normalized spacial score (nSPS) is 13.2. The molecule has 2 unspecified atom stereocenters. The SMILES string of the molecule is CCCCCCCCC(C=CC=Cc1cccc(C(CCCC=O)OC(C)=O)c1)OC(C)=O. The van der Waals surface area contributed by atoms with Crippen LogP contribution in [0.2, 0.25) is 0 Å². The fraction of sp³-hybridized carbons (Fsp3) is 0.536. The first-order valence-corrected chi connectivity index (χ1v) is 12.2. The molecule has 0 N–H and O–H groups in total. The van der Waals surface area contributed by atoms with Crippen molar-refractivity contribution in [2.24, 2.45) is 0 Å². The summed E-state index contributed by atoms with van der Waals surface area (Å²) in [6, 6.07) is 7.82. The largest absolute Gasteiger partial charge is 0.458 e. The first-order valence-electron chi connectivity index (χ1n) is 12.2. The number of benzene rings is 1. The van der Waals surface area contributed by atoms with E-state index in [1.807, 2.05) is 48.6 Å². The highest BCUT2D eigenvalue weighted by Crippen LogP contribution is 2.25. The minimum atomic E-state index is -0.364. The monoisotopic (exact) mass is 456 g/mol. The first-order chi connectivity index (χ1) is 16.0. The number of esters is 2. The highest BCUT2D eigenvalue weighted by molar-refractivity contribution is 5.66. The summed E-state index contributed by atoms with van der Waals surface area (Å²) in [5, 5.41) is 0. The smallest absolute Gasteiger partial charge is 0.303 e. The molecule has 0 fully saturated rings. The summed E-state index contributed by atoms with van der Waals surface area (Å²) in [6.07, 6.45) is 17.8. The third-order valence-electron chi connectivity index (χ3n) is 5.26. The number of allylic oxidation sites excluding steroid dienone is 2. The fourth-order valence-electron chi connectivity index (χ4n) is 3.63. The zero-order chi connectivity index (χ0) is 24.3. The zero-order valence-corrected chi connectivity index (χ0v) is 20.5. The Hall–Kier alpha value is -2.69. The molecule has 0 amide bonds. The van der Waals surface area contributed by atoms with Gasteiger partial charge in [0.25, 0.3) is 0 Å². The third kappa shape index (κ3) is 14.1. The Kier molecular flexibility index (Phi) is 15.3. The second-order valence-corrected chi connectivity index (χ2v) is 8.31. The molecule has 0 saturated carbocycles. The lowest BCUT2D eigenvalue weighted by atomic mass is 10.0. The second kappa shape index (κ2) is 17.8. The van der Waals surface area contributed by atoms with Crippen LogP contribution in [0.3, 0.4) is 0 Å². The van der Waals surface area contributed by atoms with Crippen molar-refractivity contribution in [1.82, 2.24) is 0 Å². The quantitative estimate of drug-likeness (QED) is 0.110. The summed E-state index contributed by atoms with van der Waals surface area (Å²) in [5.74, 6) is -0.602. The van der Waals surface area contributed by atoms with Crippen molar-refractivity contribution in [2.45, 2.75) is 97.2 Å². The van der Waals surface area contributed by atoms with E-state index < -0.39 is 0 Å². The molecular formula is C28H40O5. The van der Waals surface area contributed by atoms with Crippen molar-refractivity contribution >= 4 is 24.3 Å². The molecule has 0 heterocycles. The summed E-state index contributed by atoms with van der Waals surface area (Å²) in [6.45, 7) is 5.05. The summed E-state index contributed by atoms with van der Waals surface area (Å²) in [7, 11) is 0. The van der Waals surface area contributed by atoms with Crippen LogP contribution in [-0.4, -0.2) is 24.3 Å². The van der Waals surface area contributed by atoms with Gasteiger partial charge in [0.15, 0.2) is 0 Å². The Morgan fingerprint density at radius 1 is 0.909 bits per heavy atom. The van der Waals surface area contributed by atoms with Crippen LogP contribution < -0.4 is 0 Å². The number of carbonyl (C=O) groups is 3. The van der Waals surface area contributed by atoms with Gasteiger partial charge < -0.3 is 14.3 Å². The maximum atomic E-state index is 11.5. The molecule has 182 valence electrons. The molecular weight excluding hydrogens is 416 g/mol. The van der Waals surface area contributed by atoms with Gasteiger partial charge in [-0.05, 0) is 49.0 Å². The maximum absolute atomic E-state index is 11.5. The minimum Gasteiger partial charge on any atom is -0.458 e. The van der Waals surface area contributed by atoms with Crippen molar-refractivity contribution in [1.29, 1.82) is 0 Å². The van der Waals surface area contributed by atoms with E-state index in [-0.39, 0.29) is 24.1 Å². The van der Waals surface area contributed by atoms with E-state index in [0.717, 1.165) is 36.7 Å². The van der Waals surface area contributed by atoms with E-state index in [1.54, 1.807) is 0 Å². The lowest BCUT2D eigenvalue weighted by molar-refractivity contribution is -0.147. The lowest BCUT2D eigenvalue weighted by Crippen LogP contribution is -2.13. The van der Waals surface area contributed by atoms with Gasteiger partial charge in [0.05, 0.1) is 0 Å². The minimum absolute atomic E-state index is 0.212. The molecule has 5 nitrogen and oxygen atoms in total. The van der Waals surface area contributed by atoms with Crippen molar-refractivity contribution in [3.63, 3.8) is 0 Å².